The van der Waals surface area contributed by atoms with Gasteiger partial charge in [-0.3, -0.25) is 14.5 Å². The van der Waals surface area contributed by atoms with Crippen molar-refractivity contribution in [3.63, 3.8) is 0 Å². The molecule has 0 spiro atoms. The van der Waals surface area contributed by atoms with Gasteiger partial charge in [0, 0.05) is 38.5 Å². The molecule has 1 unspecified atom stereocenters. The molecule has 0 aromatic carbocycles. The van der Waals surface area contributed by atoms with Gasteiger partial charge in [0.1, 0.15) is 0 Å². The van der Waals surface area contributed by atoms with Crippen molar-refractivity contribution in [3.8, 4) is 0 Å². The first-order valence-electron chi connectivity index (χ1n) is 7.36. The average molecular weight is 281 g/mol. The van der Waals surface area contributed by atoms with Crippen LogP contribution < -0.4 is 5.32 Å². The standard InChI is InChI=1S/C14H23N3O3/c1-10-4-7-16(9-10)14(20)15-5-3-6-17-12(18)8-11(2)13(17)19/h10-11H,3-9H2,1-2H3,(H,15,20)/t10-,11?/m1/s1. The third kappa shape index (κ3) is 3.29. The summed E-state index contributed by atoms with van der Waals surface area (Å²) in [7, 11) is 0. The summed E-state index contributed by atoms with van der Waals surface area (Å²) in [6, 6.07) is -0.0400. The van der Waals surface area contributed by atoms with Crippen LogP contribution in [0, 0.1) is 11.8 Å². The van der Waals surface area contributed by atoms with Crippen LogP contribution in [0.2, 0.25) is 0 Å². The molecule has 0 aromatic rings. The third-order valence-electron chi connectivity index (χ3n) is 4.02. The maximum Gasteiger partial charge on any atom is 0.317 e. The topological polar surface area (TPSA) is 69.7 Å². The van der Waals surface area contributed by atoms with E-state index in [9.17, 15) is 14.4 Å². The summed E-state index contributed by atoms with van der Waals surface area (Å²) >= 11 is 0. The van der Waals surface area contributed by atoms with E-state index in [2.05, 4.69) is 12.2 Å². The number of imide groups is 1. The molecular formula is C14H23N3O3. The maximum atomic E-state index is 11.8. The third-order valence-corrected chi connectivity index (χ3v) is 4.02. The molecule has 112 valence electrons. The van der Waals surface area contributed by atoms with Crippen LogP contribution in [0.5, 0.6) is 0 Å². The molecule has 1 N–H and O–H groups in total. The molecule has 2 aliphatic heterocycles. The fourth-order valence-corrected chi connectivity index (χ4v) is 2.75. The molecule has 0 aliphatic carbocycles. The Morgan fingerprint density at radius 1 is 1.35 bits per heavy atom. The Bertz CT molecular complexity index is 410. The molecule has 2 heterocycles. The quantitative estimate of drug-likeness (QED) is 0.613. The Morgan fingerprint density at radius 2 is 2.10 bits per heavy atom. The van der Waals surface area contributed by atoms with Crippen LogP contribution in [0.15, 0.2) is 0 Å². The number of carbonyl (C=O) groups is 3. The molecule has 0 bridgehead atoms. The van der Waals surface area contributed by atoms with Gasteiger partial charge in [0.15, 0.2) is 0 Å². The van der Waals surface area contributed by atoms with Crippen LogP contribution in [-0.4, -0.2) is 53.8 Å². The van der Waals surface area contributed by atoms with Gasteiger partial charge in [0.2, 0.25) is 11.8 Å². The first kappa shape index (κ1) is 14.8. The molecule has 0 aromatic heterocycles. The van der Waals surface area contributed by atoms with Crippen LogP contribution in [-0.2, 0) is 9.59 Å². The monoisotopic (exact) mass is 281 g/mol. The van der Waals surface area contributed by atoms with Gasteiger partial charge in [-0.15, -0.1) is 0 Å². The SMILES string of the molecule is CC1CC(=O)N(CCCNC(=O)N2CC[C@@H](C)C2)C1=O. The average Bonchev–Trinajstić information content (AvgIpc) is 2.92. The summed E-state index contributed by atoms with van der Waals surface area (Å²) in [6.45, 7) is 6.43. The summed E-state index contributed by atoms with van der Waals surface area (Å²) in [5, 5.41) is 2.85. The van der Waals surface area contributed by atoms with Crippen LogP contribution in [0.1, 0.15) is 33.1 Å². The van der Waals surface area contributed by atoms with E-state index in [4.69, 9.17) is 0 Å². The minimum absolute atomic E-state index is 0.0400. The molecule has 2 aliphatic rings. The molecule has 2 rings (SSSR count). The Balaban J connectivity index is 1.65. The minimum Gasteiger partial charge on any atom is -0.338 e. The predicted octanol–water partition coefficient (Wildman–Crippen LogP) is 0.823. The molecular weight excluding hydrogens is 258 g/mol. The van der Waals surface area contributed by atoms with E-state index >= 15 is 0 Å². The highest BCUT2D eigenvalue weighted by atomic mass is 16.2. The number of hydrogen-bond acceptors (Lipinski definition) is 3. The molecule has 0 radical (unpaired) electrons. The van der Waals surface area contributed by atoms with Crippen molar-refractivity contribution in [1.29, 1.82) is 0 Å². The molecule has 2 saturated heterocycles. The first-order valence-corrected chi connectivity index (χ1v) is 7.36. The van der Waals surface area contributed by atoms with Gasteiger partial charge in [-0.05, 0) is 18.8 Å². The van der Waals surface area contributed by atoms with Gasteiger partial charge in [0.25, 0.3) is 0 Å². The molecule has 6 nitrogen and oxygen atoms in total. The van der Waals surface area contributed by atoms with E-state index in [0.29, 0.717) is 31.8 Å². The number of urea groups is 1. The summed E-state index contributed by atoms with van der Waals surface area (Å²) < 4.78 is 0. The summed E-state index contributed by atoms with van der Waals surface area (Å²) in [5.74, 6) is 0.196. The number of rotatable bonds is 4. The van der Waals surface area contributed by atoms with Gasteiger partial charge >= 0.3 is 6.03 Å². The van der Waals surface area contributed by atoms with Crippen molar-refractivity contribution in [2.24, 2.45) is 11.8 Å². The van der Waals surface area contributed by atoms with Crippen LogP contribution in [0.25, 0.3) is 0 Å². The van der Waals surface area contributed by atoms with E-state index in [1.807, 2.05) is 4.90 Å². The number of amides is 4. The highest BCUT2D eigenvalue weighted by Gasteiger charge is 2.34. The lowest BCUT2D eigenvalue weighted by Gasteiger charge is -2.18. The van der Waals surface area contributed by atoms with Crippen molar-refractivity contribution in [3.05, 3.63) is 0 Å². The second-order valence-corrected chi connectivity index (χ2v) is 5.91. The molecule has 4 amide bonds. The van der Waals surface area contributed by atoms with Gasteiger partial charge < -0.3 is 10.2 Å². The molecule has 2 atom stereocenters. The lowest BCUT2D eigenvalue weighted by Crippen LogP contribution is -2.40. The zero-order valence-electron chi connectivity index (χ0n) is 12.2. The van der Waals surface area contributed by atoms with E-state index in [0.717, 1.165) is 19.5 Å². The number of hydrogen-bond donors (Lipinski definition) is 1. The first-order chi connectivity index (χ1) is 9.49. The second-order valence-electron chi connectivity index (χ2n) is 5.91. The van der Waals surface area contributed by atoms with E-state index < -0.39 is 0 Å². The van der Waals surface area contributed by atoms with Crippen molar-refractivity contribution in [1.82, 2.24) is 15.1 Å². The molecule has 20 heavy (non-hydrogen) atoms. The lowest BCUT2D eigenvalue weighted by molar-refractivity contribution is -0.139. The van der Waals surface area contributed by atoms with Crippen molar-refractivity contribution in [2.75, 3.05) is 26.2 Å². The van der Waals surface area contributed by atoms with E-state index in [-0.39, 0.29) is 23.8 Å². The van der Waals surface area contributed by atoms with Crippen LogP contribution >= 0.6 is 0 Å². The largest absolute Gasteiger partial charge is 0.338 e. The van der Waals surface area contributed by atoms with Crippen LogP contribution in [0.4, 0.5) is 4.79 Å². The fourth-order valence-electron chi connectivity index (χ4n) is 2.75. The predicted molar refractivity (Wildman–Crippen MR) is 73.9 cm³/mol. The highest BCUT2D eigenvalue weighted by Crippen LogP contribution is 2.18. The summed E-state index contributed by atoms with van der Waals surface area (Å²) in [5.41, 5.74) is 0. The number of carbonyl (C=O) groups excluding carboxylic acids is 3. The van der Waals surface area contributed by atoms with Crippen molar-refractivity contribution < 1.29 is 14.4 Å². The second kappa shape index (κ2) is 6.24. The maximum absolute atomic E-state index is 11.8. The summed E-state index contributed by atoms with van der Waals surface area (Å²) in [4.78, 5) is 38.2. The van der Waals surface area contributed by atoms with Gasteiger partial charge in [-0.1, -0.05) is 13.8 Å². The fraction of sp³-hybridized carbons (Fsp3) is 0.786. The van der Waals surface area contributed by atoms with Gasteiger partial charge in [-0.25, -0.2) is 4.79 Å². The molecule has 0 saturated carbocycles. The van der Waals surface area contributed by atoms with E-state index in [1.54, 1.807) is 6.92 Å². The zero-order chi connectivity index (χ0) is 14.7. The Kier molecular flexibility index (Phi) is 4.62. The van der Waals surface area contributed by atoms with Gasteiger partial charge in [-0.2, -0.15) is 0 Å². The minimum atomic E-state index is -0.192. The van der Waals surface area contributed by atoms with Crippen molar-refractivity contribution >= 4 is 17.8 Å². The lowest BCUT2D eigenvalue weighted by atomic mass is 10.1. The summed E-state index contributed by atoms with van der Waals surface area (Å²) in [6.07, 6.45) is 1.98. The Labute approximate surface area is 119 Å². The number of nitrogens with one attached hydrogen (secondary N) is 1. The van der Waals surface area contributed by atoms with Crippen LogP contribution in [0.3, 0.4) is 0 Å². The zero-order valence-corrected chi connectivity index (χ0v) is 12.2. The molecule has 6 heteroatoms. The molecule has 2 fully saturated rings. The number of likely N-dealkylation sites (tertiary alicyclic amines) is 2. The smallest absolute Gasteiger partial charge is 0.317 e. The Hall–Kier alpha value is -1.59. The van der Waals surface area contributed by atoms with Gasteiger partial charge in [0.05, 0.1) is 0 Å². The Morgan fingerprint density at radius 3 is 2.65 bits per heavy atom. The van der Waals surface area contributed by atoms with E-state index in [1.165, 1.54) is 4.90 Å². The highest BCUT2D eigenvalue weighted by molar-refractivity contribution is 6.03. The normalized spacial score (nSPS) is 26.5. The van der Waals surface area contributed by atoms with Crippen molar-refractivity contribution in [2.45, 2.75) is 33.1 Å². The number of nitrogens with zero attached hydrogens (tertiary/aromatic N) is 2.